The zero-order valence-electron chi connectivity index (χ0n) is 11.7. The van der Waals surface area contributed by atoms with Gasteiger partial charge in [-0.15, -0.1) is 11.3 Å². The van der Waals surface area contributed by atoms with Crippen molar-refractivity contribution in [3.63, 3.8) is 0 Å². The Hall–Kier alpha value is -2.45. The Bertz CT molecular complexity index is 887. The topological polar surface area (TPSA) is 101 Å². The lowest BCUT2D eigenvalue weighted by Gasteiger charge is -2.01. The summed E-state index contributed by atoms with van der Waals surface area (Å²) in [5.74, 6) is -0.770. The van der Waals surface area contributed by atoms with E-state index in [0.717, 1.165) is 10.0 Å². The third kappa shape index (κ3) is 3.49. The molecule has 0 radical (unpaired) electrons. The monoisotopic (exact) mass is 390 g/mol. The Balaban J connectivity index is 1.76. The molecule has 4 N–H and O–H groups in total. The molecule has 2 amide bonds. The number of halogens is 1. The van der Waals surface area contributed by atoms with Crippen molar-refractivity contribution in [3.8, 4) is 11.3 Å². The molecule has 6 nitrogen and oxygen atoms in total. The molecule has 3 rings (SSSR count). The third-order valence-corrected chi connectivity index (χ3v) is 4.31. The van der Waals surface area contributed by atoms with Gasteiger partial charge in [-0.1, -0.05) is 22.0 Å². The van der Waals surface area contributed by atoms with Gasteiger partial charge in [0.2, 0.25) is 0 Å². The first-order chi connectivity index (χ1) is 11.0. The Labute approximate surface area is 143 Å². The summed E-state index contributed by atoms with van der Waals surface area (Å²) in [6, 6.07) is 8.71. The maximum Gasteiger partial charge on any atom is 0.265 e. The van der Waals surface area contributed by atoms with Crippen molar-refractivity contribution in [2.45, 2.75) is 0 Å². The van der Waals surface area contributed by atoms with Crippen molar-refractivity contribution in [2.75, 3.05) is 5.32 Å². The van der Waals surface area contributed by atoms with Crippen LogP contribution in [0.5, 0.6) is 0 Å². The van der Waals surface area contributed by atoms with E-state index in [-0.39, 0.29) is 5.91 Å². The van der Waals surface area contributed by atoms with Crippen LogP contribution in [0.3, 0.4) is 0 Å². The van der Waals surface area contributed by atoms with Gasteiger partial charge in [-0.05, 0) is 24.3 Å². The van der Waals surface area contributed by atoms with Gasteiger partial charge >= 0.3 is 0 Å². The van der Waals surface area contributed by atoms with Crippen LogP contribution in [0, 0.1) is 0 Å². The van der Waals surface area contributed by atoms with Crippen LogP contribution < -0.4 is 11.1 Å². The number of hydrogen-bond acceptors (Lipinski definition) is 4. The van der Waals surface area contributed by atoms with E-state index in [2.05, 4.69) is 31.2 Å². The van der Waals surface area contributed by atoms with Crippen LogP contribution in [0.2, 0.25) is 0 Å². The van der Waals surface area contributed by atoms with E-state index >= 15 is 0 Å². The fourth-order valence-corrected chi connectivity index (χ4v) is 3.06. The molecule has 116 valence electrons. The summed E-state index contributed by atoms with van der Waals surface area (Å²) in [5, 5.41) is 5.03. The molecule has 3 aromatic rings. The molecule has 0 saturated carbocycles. The molecule has 8 heteroatoms. The van der Waals surface area contributed by atoms with Crippen LogP contribution in [0.25, 0.3) is 11.3 Å². The first kappa shape index (κ1) is 15.4. The highest BCUT2D eigenvalue weighted by Crippen LogP contribution is 2.26. The second kappa shape index (κ2) is 6.35. The molecular weight excluding hydrogens is 380 g/mol. The number of benzene rings is 1. The number of hydrogen-bond donors (Lipinski definition) is 3. The fraction of sp³-hybridized carbons (Fsp3) is 0. The van der Waals surface area contributed by atoms with Crippen LogP contribution in [-0.2, 0) is 0 Å². The molecule has 0 atom stereocenters. The SMILES string of the molecule is NC(=O)c1cc(-c2csc(NC(=O)c3cccc(Br)c3)n2)c[nH]1. The van der Waals surface area contributed by atoms with Gasteiger partial charge in [-0.2, -0.15) is 0 Å². The van der Waals surface area contributed by atoms with Gasteiger partial charge in [0.15, 0.2) is 5.13 Å². The number of aromatic amines is 1. The number of carbonyl (C=O) groups excluding carboxylic acids is 2. The quantitative estimate of drug-likeness (QED) is 0.636. The molecule has 0 bridgehead atoms. The normalized spacial score (nSPS) is 10.5. The highest BCUT2D eigenvalue weighted by atomic mass is 79.9. The molecule has 0 fully saturated rings. The molecule has 0 aliphatic heterocycles. The van der Waals surface area contributed by atoms with Crippen LogP contribution in [-0.4, -0.2) is 21.8 Å². The zero-order valence-corrected chi connectivity index (χ0v) is 14.1. The Morgan fingerprint density at radius 2 is 2.13 bits per heavy atom. The number of nitrogens with two attached hydrogens (primary N) is 1. The van der Waals surface area contributed by atoms with Crippen molar-refractivity contribution in [2.24, 2.45) is 5.73 Å². The maximum absolute atomic E-state index is 12.2. The number of nitrogens with zero attached hydrogens (tertiary/aromatic N) is 1. The largest absolute Gasteiger partial charge is 0.364 e. The molecule has 1 aromatic carbocycles. The minimum absolute atomic E-state index is 0.237. The summed E-state index contributed by atoms with van der Waals surface area (Å²) in [4.78, 5) is 30.4. The predicted octanol–water partition coefficient (Wildman–Crippen LogP) is 3.25. The zero-order chi connectivity index (χ0) is 16.4. The van der Waals surface area contributed by atoms with Crippen molar-refractivity contribution >= 4 is 44.2 Å². The smallest absolute Gasteiger partial charge is 0.265 e. The molecule has 23 heavy (non-hydrogen) atoms. The average molecular weight is 391 g/mol. The number of nitrogens with one attached hydrogen (secondary N) is 2. The summed E-state index contributed by atoms with van der Waals surface area (Å²) in [7, 11) is 0. The van der Waals surface area contributed by atoms with E-state index in [1.54, 1.807) is 35.8 Å². The van der Waals surface area contributed by atoms with Gasteiger partial charge in [0, 0.05) is 27.2 Å². The second-order valence-corrected chi connectivity index (χ2v) is 6.44. The van der Waals surface area contributed by atoms with Gasteiger partial charge in [-0.3, -0.25) is 14.9 Å². The lowest BCUT2D eigenvalue weighted by molar-refractivity contribution is 0.0994. The summed E-state index contributed by atoms with van der Waals surface area (Å²) < 4.78 is 0.830. The van der Waals surface area contributed by atoms with E-state index < -0.39 is 5.91 Å². The molecule has 0 aliphatic carbocycles. The van der Waals surface area contributed by atoms with Gasteiger partial charge in [-0.25, -0.2) is 4.98 Å². The first-order valence-electron chi connectivity index (χ1n) is 6.54. The molecule has 0 spiro atoms. The highest BCUT2D eigenvalue weighted by Gasteiger charge is 2.12. The second-order valence-electron chi connectivity index (χ2n) is 4.67. The van der Waals surface area contributed by atoms with Crippen LogP contribution in [0.1, 0.15) is 20.8 Å². The van der Waals surface area contributed by atoms with E-state index in [1.807, 2.05) is 6.07 Å². The summed E-state index contributed by atoms with van der Waals surface area (Å²) in [6.07, 6.45) is 1.65. The standard InChI is InChI=1S/C15H11BrN4O2S/c16-10-3-1-2-8(4-10)14(22)20-15-19-12(7-23-15)9-5-11(13(17)21)18-6-9/h1-7,18H,(H2,17,21)(H,19,20,22). The number of rotatable bonds is 4. The van der Waals surface area contributed by atoms with Crippen LogP contribution in [0.4, 0.5) is 5.13 Å². The van der Waals surface area contributed by atoms with Gasteiger partial charge in [0.1, 0.15) is 5.69 Å². The van der Waals surface area contributed by atoms with Crippen LogP contribution >= 0.6 is 27.3 Å². The minimum Gasteiger partial charge on any atom is -0.364 e. The fourth-order valence-electron chi connectivity index (χ4n) is 1.95. The number of carbonyl (C=O) groups is 2. The Kier molecular flexibility index (Phi) is 4.26. The van der Waals surface area contributed by atoms with E-state index in [9.17, 15) is 9.59 Å². The molecular formula is C15H11BrN4O2S. The lowest BCUT2D eigenvalue weighted by Crippen LogP contribution is -2.11. The molecule has 2 aromatic heterocycles. The summed E-state index contributed by atoms with van der Waals surface area (Å²) in [6.45, 7) is 0. The molecule has 0 saturated heterocycles. The maximum atomic E-state index is 12.2. The lowest BCUT2D eigenvalue weighted by atomic mass is 10.2. The van der Waals surface area contributed by atoms with Crippen molar-refractivity contribution in [3.05, 3.63) is 57.6 Å². The highest BCUT2D eigenvalue weighted by molar-refractivity contribution is 9.10. The number of anilines is 1. The number of amides is 2. The minimum atomic E-state index is -0.533. The van der Waals surface area contributed by atoms with Gasteiger partial charge in [0.25, 0.3) is 11.8 Å². The summed E-state index contributed by atoms with van der Waals surface area (Å²) in [5.41, 5.74) is 7.44. The van der Waals surface area contributed by atoms with E-state index in [4.69, 9.17) is 5.73 Å². The van der Waals surface area contributed by atoms with Gasteiger partial charge < -0.3 is 10.7 Å². The number of H-pyrrole nitrogens is 1. The van der Waals surface area contributed by atoms with Crippen molar-refractivity contribution in [1.29, 1.82) is 0 Å². The number of primary amides is 1. The first-order valence-corrected chi connectivity index (χ1v) is 8.21. The van der Waals surface area contributed by atoms with E-state index in [1.165, 1.54) is 11.3 Å². The Morgan fingerprint density at radius 1 is 1.30 bits per heavy atom. The van der Waals surface area contributed by atoms with Crippen molar-refractivity contribution < 1.29 is 9.59 Å². The van der Waals surface area contributed by atoms with E-state index in [0.29, 0.717) is 22.1 Å². The van der Waals surface area contributed by atoms with Crippen LogP contribution in [0.15, 0.2) is 46.4 Å². The van der Waals surface area contributed by atoms with Gasteiger partial charge in [0.05, 0.1) is 5.69 Å². The van der Waals surface area contributed by atoms with Crippen molar-refractivity contribution in [1.82, 2.24) is 9.97 Å². The Morgan fingerprint density at radius 3 is 2.83 bits per heavy atom. The summed E-state index contributed by atoms with van der Waals surface area (Å²) >= 11 is 4.63. The third-order valence-electron chi connectivity index (χ3n) is 3.06. The average Bonchev–Trinajstić information content (AvgIpc) is 3.15. The molecule has 0 aliphatic rings. The molecule has 2 heterocycles. The predicted molar refractivity (Wildman–Crippen MR) is 92.5 cm³/mol. The number of aromatic nitrogens is 2. The number of thiazole rings is 1. The molecule has 0 unspecified atom stereocenters.